The van der Waals surface area contributed by atoms with Crippen LogP contribution in [0.1, 0.15) is 11.1 Å². The zero-order chi connectivity index (χ0) is 14.4. The summed E-state index contributed by atoms with van der Waals surface area (Å²) >= 11 is 0. The van der Waals surface area contributed by atoms with Crippen LogP contribution in [-0.2, 0) is 11.2 Å². The lowest BCUT2D eigenvalue weighted by Crippen LogP contribution is -1.98. The zero-order valence-corrected chi connectivity index (χ0v) is 10.6. The van der Waals surface area contributed by atoms with Crippen molar-refractivity contribution in [1.29, 1.82) is 0 Å². The Morgan fingerprint density at radius 2 is 2.00 bits per heavy atom. The molecule has 2 rings (SSSR count). The van der Waals surface area contributed by atoms with Gasteiger partial charge in [-0.1, -0.05) is 12.1 Å². The topological polar surface area (TPSA) is 73.1 Å². The molecule has 5 nitrogen and oxygen atoms in total. The number of pyridine rings is 1. The number of nitro benzene ring substituents is 1. The predicted octanol–water partition coefficient (Wildman–Crippen LogP) is 2.81. The highest BCUT2D eigenvalue weighted by Gasteiger charge is 2.03. The highest BCUT2D eigenvalue weighted by atomic mass is 16.6. The van der Waals surface area contributed by atoms with Gasteiger partial charge in [0.05, 0.1) is 4.92 Å². The number of allylic oxidation sites excluding steroid dienone is 1. The van der Waals surface area contributed by atoms with E-state index in [-0.39, 0.29) is 17.9 Å². The van der Waals surface area contributed by atoms with Crippen LogP contribution in [0, 0.1) is 10.1 Å². The third-order valence-electron chi connectivity index (χ3n) is 2.67. The van der Waals surface area contributed by atoms with E-state index in [2.05, 4.69) is 4.98 Å². The van der Waals surface area contributed by atoms with Crippen molar-refractivity contribution in [3.05, 3.63) is 76.1 Å². The molecule has 1 aromatic carbocycles. The van der Waals surface area contributed by atoms with Crippen LogP contribution in [0.3, 0.4) is 0 Å². The molecule has 5 heteroatoms. The van der Waals surface area contributed by atoms with Gasteiger partial charge in [0.25, 0.3) is 5.69 Å². The maximum absolute atomic E-state index is 11.7. The van der Waals surface area contributed by atoms with Crippen LogP contribution in [0.4, 0.5) is 5.69 Å². The fraction of sp³-hybridized carbons (Fsp3) is 0.0667. The zero-order valence-electron chi connectivity index (χ0n) is 10.6. The molecule has 0 amide bonds. The molecule has 0 fully saturated rings. The minimum absolute atomic E-state index is 0.0313. The first kappa shape index (κ1) is 13.6. The maximum Gasteiger partial charge on any atom is 0.269 e. The molecular formula is C15H12N2O3. The van der Waals surface area contributed by atoms with Gasteiger partial charge in [-0.2, -0.15) is 0 Å². The Bertz CT molecular complexity index is 634. The Morgan fingerprint density at radius 1 is 1.25 bits per heavy atom. The molecule has 1 heterocycles. The molecule has 0 bridgehead atoms. The molecule has 0 saturated carbocycles. The monoisotopic (exact) mass is 268 g/mol. The maximum atomic E-state index is 11.7. The van der Waals surface area contributed by atoms with Gasteiger partial charge in [-0.25, -0.2) is 0 Å². The largest absolute Gasteiger partial charge is 0.294 e. The molecule has 0 N–H and O–H groups in total. The standard InChI is InChI=1S/C15H12N2O3/c18-15(10-13-2-1-9-16-11-13)8-5-12-3-6-14(7-4-12)17(19)20/h1-9,11H,10H2. The van der Waals surface area contributed by atoms with Crippen LogP contribution in [0.25, 0.3) is 6.08 Å². The Kier molecular flexibility index (Phi) is 4.34. The first-order valence-corrected chi connectivity index (χ1v) is 5.99. The van der Waals surface area contributed by atoms with Gasteiger partial charge in [-0.3, -0.25) is 19.9 Å². The number of nitrogens with zero attached hydrogens (tertiary/aromatic N) is 2. The molecular weight excluding hydrogens is 256 g/mol. The molecule has 20 heavy (non-hydrogen) atoms. The summed E-state index contributed by atoms with van der Waals surface area (Å²) in [5.74, 6) is -0.0450. The molecule has 0 unspecified atom stereocenters. The molecule has 100 valence electrons. The molecule has 0 aliphatic rings. The molecule has 0 radical (unpaired) electrons. The van der Waals surface area contributed by atoms with E-state index in [4.69, 9.17) is 0 Å². The predicted molar refractivity (Wildman–Crippen MR) is 75.1 cm³/mol. The lowest BCUT2D eigenvalue weighted by atomic mass is 10.1. The van der Waals surface area contributed by atoms with E-state index in [9.17, 15) is 14.9 Å². The smallest absolute Gasteiger partial charge is 0.269 e. The third-order valence-corrected chi connectivity index (χ3v) is 2.67. The SMILES string of the molecule is O=C(C=Cc1ccc([N+](=O)[O-])cc1)Cc1cccnc1. The number of non-ortho nitro benzene ring substituents is 1. The van der Waals surface area contributed by atoms with Crippen LogP contribution in [0.5, 0.6) is 0 Å². The summed E-state index contributed by atoms with van der Waals surface area (Å²) in [5, 5.41) is 10.5. The third kappa shape index (κ3) is 3.84. The van der Waals surface area contributed by atoms with E-state index < -0.39 is 4.92 Å². The summed E-state index contributed by atoms with van der Waals surface area (Å²) < 4.78 is 0. The average molecular weight is 268 g/mol. The molecule has 0 aliphatic carbocycles. The molecule has 2 aromatic rings. The van der Waals surface area contributed by atoms with E-state index in [1.165, 1.54) is 18.2 Å². The first-order valence-electron chi connectivity index (χ1n) is 5.99. The van der Waals surface area contributed by atoms with Gasteiger partial charge in [-0.05, 0) is 35.4 Å². The fourth-order valence-corrected chi connectivity index (χ4v) is 1.66. The quantitative estimate of drug-likeness (QED) is 0.475. The minimum Gasteiger partial charge on any atom is -0.294 e. The van der Waals surface area contributed by atoms with Crippen molar-refractivity contribution >= 4 is 17.5 Å². The number of hydrogen-bond acceptors (Lipinski definition) is 4. The second-order valence-electron chi connectivity index (χ2n) is 4.19. The van der Waals surface area contributed by atoms with Crippen molar-refractivity contribution in [3.8, 4) is 0 Å². The summed E-state index contributed by atoms with van der Waals surface area (Å²) in [5.41, 5.74) is 1.63. The van der Waals surface area contributed by atoms with Gasteiger partial charge in [0.2, 0.25) is 0 Å². The summed E-state index contributed by atoms with van der Waals surface area (Å²) in [6.45, 7) is 0. The lowest BCUT2D eigenvalue weighted by molar-refractivity contribution is -0.384. The first-order chi connectivity index (χ1) is 9.65. The number of rotatable bonds is 5. The Hall–Kier alpha value is -2.82. The van der Waals surface area contributed by atoms with Crippen LogP contribution >= 0.6 is 0 Å². The summed E-state index contributed by atoms with van der Waals surface area (Å²) in [6, 6.07) is 9.64. The van der Waals surface area contributed by atoms with Crippen molar-refractivity contribution in [2.24, 2.45) is 0 Å². The van der Waals surface area contributed by atoms with E-state index in [1.807, 2.05) is 6.07 Å². The van der Waals surface area contributed by atoms with Crippen molar-refractivity contribution in [1.82, 2.24) is 4.98 Å². The summed E-state index contributed by atoms with van der Waals surface area (Å²) in [6.07, 6.45) is 6.70. The number of benzene rings is 1. The Labute approximate surface area is 115 Å². The van der Waals surface area contributed by atoms with Crippen molar-refractivity contribution in [2.75, 3.05) is 0 Å². The highest BCUT2D eigenvalue weighted by molar-refractivity contribution is 5.95. The van der Waals surface area contributed by atoms with E-state index in [0.717, 1.165) is 11.1 Å². The number of carbonyl (C=O) groups excluding carboxylic acids is 1. The molecule has 0 spiro atoms. The molecule has 0 aliphatic heterocycles. The summed E-state index contributed by atoms with van der Waals surface area (Å²) in [4.78, 5) is 25.7. The second kappa shape index (κ2) is 6.38. The van der Waals surface area contributed by atoms with Crippen molar-refractivity contribution in [3.63, 3.8) is 0 Å². The van der Waals surface area contributed by atoms with Gasteiger partial charge in [-0.15, -0.1) is 0 Å². The minimum atomic E-state index is -0.457. The van der Waals surface area contributed by atoms with Gasteiger partial charge in [0, 0.05) is 30.9 Å². The highest BCUT2D eigenvalue weighted by Crippen LogP contribution is 2.13. The normalized spacial score (nSPS) is 10.6. The van der Waals surface area contributed by atoms with E-state index in [1.54, 1.807) is 36.7 Å². The number of nitro groups is 1. The Morgan fingerprint density at radius 3 is 2.60 bits per heavy atom. The molecule has 0 saturated heterocycles. The number of hydrogen-bond donors (Lipinski definition) is 0. The second-order valence-corrected chi connectivity index (χ2v) is 4.19. The van der Waals surface area contributed by atoms with Crippen molar-refractivity contribution < 1.29 is 9.72 Å². The van der Waals surface area contributed by atoms with Crippen LogP contribution < -0.4 is 0 Å². The van der Waals surface area contributed by atoms with Gasteiger partial charge < -0.3 is 0 Å². The van der Waals surface area contributed by atoms with E-state index >= 15 is 0 Å². The van der Waals surface area contributed by atoms with Crippen LogP contribution in [-0.4, -0.2) is 15.7 Å². The average Bonchev–Trinajstić information content (AvgIpc) is 2.46. The van der Waals surface area contributed by atoms with Crippen LogP contribution in [0.15, 0.2) is 54.9 Å². The number of ketones is 1. The summed E-state index contributed by atoms with van der Waals surface area (Å²) in [7, 11) is 0. The van der Waals surface area contributed by atoms with E-state index in [0.29, 0.717) is 0 Å². The van der Waals surface area contributed by atoms with Crippen molar-refractivity contribution in [2.45, 2.75) is 6.42 Å². The lowest BCUT2D eigenvalue weighted by Gasteiger charge is -1.96. The van der Waals surface area contributed by atoms with Gasteiger partial charge in [0.15, 0.2) is 5.78 Å². The van der Waals surface area contributed by atoms with Crippen LogP contribution in [0.2, 0.25) is 0 Å². The Balaban J connectivity index is 1.98. The number of aromatic nitrogens is 1. The molecule has 0 atom stereocenters. The number of carbonyl (C=O) groups is 1. The van der Waals surface area contributed by atoms with Gasteiger partial charge >= 0.3 is 0 Å². The van der Waals surface area contributed by atoms with Gasteiger partial charge in [0.1, 0.15) is 0 Å². The molecule has 1 aromatic heterocycles. The fourth-order valence-electron chi connectivity index (χ4n) is 1.66.